The fourth-order valence-electron chi connectivity index (χ4n) is 2.21. The molecule has 0 unspecified atom stereocenters. The molecule has 1 nitrogen and oxygen atoms in total. The molecule has 0 saturated carbocycles. The van der Waals surface area contributed by atoms with Crippen LogP contribution in [0.1, 0.15) is 44.7 Å². The highest BCUT2D eigenvalue weighted by molar-refractivity contribution is 5.85. The first kappa shape index (κ1) is 13.8. The normalized spacial score (nSPS) is 15.2. The number of hydrogen-bond donors (Lipinski definition) is 0. The summed E-state index contributed by atoms with van der Waals surface area (Å²) >= 11 is 0. The predicted molar refractivity (Wildman–Crippen MR) is 81.0 cm³/mol. The zero-order valence-corrected chi connectivity index (χ0v) is 12.1. The molecular weight excluding hydrogens is 232 g/mol. The van der Waals surface area contributed by atoms with Crippen LogP contribution in [0.3, 0.4) is 0 Å². The lowest BCUT2D eigenvalue weighted by Crippen LogP contribution is -2.18. The van der Waals surface area contributed by atoms with Crippen LogP contribution in [0, 0.1) is 5.41 Å². The maximum atomic E-state index is 11.8. The summed E-state index contributed by atoms with van der Waals surface area (Å²) in [6.45, 7) is 5.91. The summed E-state index contributed by atoms with van der Waals surface area (Å²) in [5.41, 5.74) is 3.82. The van der Waals surface area contributed by atoms with Gasteiger partial charge < -0.3 is 0 Å². The maximum Gasteiger partial charge on any atom is 0.141 e. The summed E-state index contributed by atoms with van der Waals surface area (Å²) in [6, 6.07) is 8.51. The highest BCUT2D eigenvalue weighted by Gasteiger charge is 2.19. The summed E-state index contributed by atoms with van der Waals surface area (Å²) in [6.07, 6.45) is 9.04. The molecule has 2 rings (SSSR count). The highest BCUT2D eigenvalue weighted by atomic mass is 16.1. The molecule has 0 radical (unpaired) electrons. The van der Waals surface area contributed by atoms with E-state index in [1.54, 1.807) is 0 Å². The highest BCUT2D eigenvalue weighted by Crippen LogP contribution is 2.24. The van der Waals surface area contributed by atoms with Gasteiger partial charge in [0, 0.05) is 11.8 Å². The molecule has 0 fully saturated rings. The second-order valence-electron chi connectivity index (χ2n) is 6.20. The summed E-state index contributed by atoms with van der Waals surface area (Å²) in [4.78, 5) is 11.8. The standard InChI is InChI=1S/C18H22O/c1-18(2,3)17(19)10-6-7-14-11-12-15-8-4-5-9-16(15)13-14/h4-9,13H,10-12H2,1-3H3/b7-6+. The van der Waals surface area contributed by atoms with E-state index in [1.807, 2.05) is 26.8 Å². The second kappa shape index (κ2) is 5.56. The largest absolute Gasteiger partial charge is 0.299 e. The smallest absolute Gasteiger partial charge is 0.141 e. The van der Waals surface area contributed by atoms with Crippen molar-refractivity contribution in [3.63, 3.8) is 0 Å². The van der Waals surface area contributed by atoms with E-state index in [4.69, 9.17) is 0 Å². The van der Waals surface area contributed by atoms with Crippen molar-refractivity contribution in [2.75, 3.05) is 0 Å². The van der Waals surface area contributed by atoms with Crippen LogP contribution in [0.25, 0.3) is 6.08 Å². The van der Waals surface area contributed by atoms with Crippen LogP contribution in [0.5, 0.6) is 0 Å². The number of hydrogen-bond acceptors (Lipinski definition) is 1. The lowest BCUT2D eigenvalue weighted by Gasteiger charge is -2.15. The summed E-state index contributed by atoms with van der Waals surface area (Å²) in [5.74, 6) is 0.292. The first-order valence-corrected chi connectivity index (χ1v) is 6.95. The Bertz CT molecular complexity index is 527. The molecule has 1 aromatic carbocycles. The lowest BCUT2D eigenvalue weighted by molar-refractivity contribution is -0.125. The Morgan fingerprint density at radius 2 is 1.95 bits per heavy atom. The first-order chi connectivity index (χ1) is 8.97. The van der Waals surface area contributed by atoms with Gasteiger partial charge in [0.1, 0.15) is 5.78 Å². The van der Waals surface area contributed by atoms with Gasteiger partial charge in [0.05, 0.1) is 0 Å². The Labute approximate surface area is 116 Å². The van der Waals surface area contributed by atoms with Crippen LogP contribution in [0.15, 0.2) is 42.0 Å². The van der Waals surface area contributed by atoms with Gasteiger partial charge in [-0.25, -0.2) is 0 Å². The Hall–Kier alpha value is -1.63. The number of Topliss-reactive ketones (excluding diaryl/α,β-unsaturated/α-hetero) is 1. The molecule has 19 heavy (non-hydrogen) atoms. The van der Waals surface area contributed by atoms with E-state index < -0.39 is 0 Å². The molecule has 0 bridgehead atoms. The molecule has 1 aliphatic rings. The van der Waals surface area contributed by atoms with Crippen molar-refractivity contribution in [3.8, 4) is 0 Å². The third kappa shape index (κ3) is 3.66. The van der Waals surface area contributed by atoms with E-state index in [9.17, 15) is 4.79 Å². The molecular formula is C18H22O. The van der Waals surface area contributed by atoms with Gasteiger partial charge in [0.2, 0.25) is 0 Å². The average Bonchev–Trinajstić information content (AvgIpc) is 2.37. The monoisotopic (exact) mass is 254 g/mol. The predicted octanol–water partition coefficient (Wildman–Crippen LogP) is 4.58. The number of benzene rings is 1. The van der Waals surface area contributed by atoms with Crippen molar-refractivity contribution in [1.29, 1.82) is 0 Å². The molecule has 0 saturated heterocycles. The number of rotatable bonds is 3. The average molecular weight is 254 g/mol. The van der Waals surface area contributed by atoms with Crippen LogP contribution in [0.2, 0.25) is 0 Å². The summed E-state index contributed by atoms with van der Waals surface area (Å²) in [7, 11) is 0. The lowest BCUT2D eigenvalue weighted by atomic mass is 9.88. The van der Waals surface area contributed by atoms with E-state index in [2.05, 4.69) is 36.4 Å². The van der Waals surface area contributed by atoms with Gasteiger partial charge in [-0.1, -0.05) is 63.3 Å². The number of allylic oxidation sites excluding steroid dienone is 3. The van der Waals surface area contributed by atoms with Crippen LogP contribution >= 0.6 is 0 Å². The zero-order valence-electron chi connectivity index (χ0n) is 12.1. The molecule has 100 valence electrons. The van der Waals surface area contributed by atoms with E-state index in [1.165, 1.54) is 16.7 Å². The number of fused-ring (bicyclic) bond motifs is 1. The SMILES string of the molecule is CC(C)(C)C(=O)C/C=C/C1=Cc2ccccc2CC1. The zero-order chi connectivity index (χ0) is 13.9. The molecule has 0 aliphatic heterocycles. The fraction of sp³-hybridized carbons (Fsp3) is 0.389. The van der Waals surface area contributed by atoms with Gasteiger partial charge in [0.25, 0.3) is 0 Å². The minimum Gasteiger partial charge on any atom is -0.299 e. The van der Waals surface area contributed by atoms with Crippen molar-refractivity contribution in [3.05, 3.63) is 53.1 Å². The van der Waals surface area contributed by atoms with Crippen LogP contribution in [-0.4, -0.2) is 5.78 Å². The number of ketones is 1. The molecule has 0 amide bonds. The van der Waals surface area contributed by atoms with Crippen molar-refractivity contribution in [1.82, 2.24) is 0 Å². The van der Waals surface area contributed by atoms with E-state index in [0.29, 0.717) is 12.2 Å². The summed E-state index contributed by atoms with van der Waals surface area (Å²) < 4.78 is 0. The number of aryl methyl sites for hydroxylation is 1. The van der Waals surface area contributed by atoms with E-state index >= 15 is 0 Å². The van der Waals surface area contributed by atoms with Crippen molar-refractivity contribution < 1.29 is 4.79 Å². The molecule has 0 N–H and O–H groups in total. The Morgan fingerprint density at radius 1 is 1.21 bits per heavy atom. The van der Waals surface area contributed by atoms with Crippen molar-refractivity contribution in [2.45, 2.75) is 40.0 Å². The topological polar surface area (TPSA) is 17.1 Å². The molecule has 0 atom stereocenters. The first-order valence-electron chi connectivity index (χ1n) is 6.95. The molecule has 1 heteroatoms. The second-order valence-corrected chi connectivity index (χ2v) is 6.20. The molecule has 0 aromatic heterocycles. The summed E-state index contributed by atoms with van der Waals surface area (Å²) in [5, 5.41) is 0. The van der Waals surface area contributed by atoms with Gasteiger partial charge in [-0.15, -0.1) is 0 Å². The number of carbonyl (C=O) groups excluding carboxylic acids is 1. The van der Waals surface area contributed by atoms with Crippen molar-refractivity contribution >= 4 is 11.9 Å². The quantitative estimate of drug-likeness (QED) is 0.771. The maximum absolute atomic E-state index is 11.8. The van der Waals surface area contributed by atoms with Gasteiger partial charge in [-0.3, -0.25) is 4.79 Å². The minimum absolute atomic E-state index is 0.238. The molecule has 1 aliphatic carbocycles. The molecule has 0 heterocycles. The van der Waals surface area contributed by atoms with Crippen molar-refractivity contribution in [2.24, 2.45) is 5.41 Å². The van der Waals surface area contributed by atoms with Crippen LogP contribution in [0.4, 0.5) is 0 Å². The molecule has 0 spiro atoms. The molecule has 1 aromatic rings. The minimum atomic E-state index is -0.238. The van der Waals surface area contributed by atoms with Gasteiger partial charge >= 0.3 is 0 Å². The third-order valence-electron chi connectivity index (χ3n) is 3.55. The third-order valence-corrected chi connectivity index (χ3v) is 3.55. The van der Waals surface area contributed by atoms with E-state index in [0.717, 1.165) is 12.8 Å². The number of carbonyl (C=O) groups is 1. The Kier molecular flexibility index (Phi) is 4.04. The van der Waals surface area contributed by atoms with E-state index in [-0.39, 0.29) is 5.41 Å². The Morgan fingerprint density at radius 3 is 2.68 bits per heavy atom. The van der Waals surface area contributed by atoms with Gasteiger partial charge in [0.15, 0.2) is 0 Å². The van der Waals surface area contributed by atoms with Gasteiger partial charge in [-0.2, -0.15) is 0 Å². The van der Waals surface area contributed by atoms with Gasteiger partial charge in [-0.05, 0) is 29.5 Å². The fourth-order valence-corrected chi connectivity index (χ4v) is 2.21. The van der Waals surface area contributed by atoms with Crippen LogP contribution < -0.4 is 0 Å². The Balaban J connectivity index is 2.02. The van der Waals surface area contributed by atoms with Crippen LogP contribution in [-0.2, 0) is 11.2 Å².